The molecule has 0 bridgehead atoms. The second kappa shape index (κ2) is 6.70. The molecule has 1 fully saturated rings. The van der Waals surface area contributed by atoms with Gasteiger partial charge in [-0.15, -0.1) is 0 Å². The first-order chi connectivity index (χ1) is 12.3. The zero-order valence-electron chi connectivity index (χ0n) is 15.3. The minimum absolute atomic E-state index is 0.0294. The van der Waals surface area contributed by atoms with Gasteiger partial charge in [-0.2, -0.15) is 0 Å². The molecule has 0 saturated carbocycles. The van der Waals surface area contributed by atoms with Crippen molar-refractivity contribution in [3.8, 4) is 23.0 Å². The smallest absolute Gasteiger partial charge is 0.160 e. The number of benzene rings is 2. The SMILES string of the molecule is COc1cc([C@H]2O[C@H](c3ccc(O)c(OC)c3)[C@@](C)(O)[C@@H]2C)ccc1O. The summed E-state index contributed by atoms with van der Waals surface area (Å²) in [6, 6.07) is 9.93. The molecule has 140 valence electrons. The van der Waals surface area contributed by atoms with E-state index in [2.05, 4.69) is 0 Å². The van der Waals surface area contributed by atoms with Crippen molar-refractivity contribution in [3.63, 3.8) is 0 Å². The van der Waals surface area contributed by atoms with E-state index in [0.717, 1.165) is 5.56 Å². The van der Waals surface area contributed by atoms with Gasteiger partial charge in [0, 0.05) is 5.92 Å². The Balaban J connectivity index is 1.98. The Labute approximate surface area is 152 Å². The van der Waals surface area contributed by atoms with Gasteiger partial charge in [-0.05, 0) is 42.3 Å². The van der Waals surface area contributed by atoms with Crippen LogP contribution in [-0.2, 0) is 4.74 Å². The third-order valence-electron chi connectivity index (χ3n) is 5.23. The molecular weight excluding hydrogens is 336 g/mol. The van der Waals surface area contributed by atoms with Crippen molar-refractivity contribution in [1.82, 2.24) is 0 Å². The van der Waals surface area contributed by atoms with E-state index in [4.69, 9.17) is 14.2 Å². The Morgan fingerprint density at radius 1 is 0.923 bits per heavy atom. The Hall–Kier alpha value is -2.44. The number of ether oxygens (including phenoxy) is 3. The summed E-state index contributed by atoms with van der Waals surface area (Å²) in [6.45, 7) is 3.65. The van der Waals surface area contributed by atoms with Crippen LogP contribution in [0.3, 0.4) is 0 Å². The van der Waals surface area contributed by atoms with Gasteiger partial charge >= 0.3 is 0 Å². The van der Waals surface area contributed by atoms with Crippen LogP contribution in [0.25, 0.3) is 0 Å². The summed E-state index contributed by atoms with van der Waals surface area (Å²) < 4.78 is 16.6. The summed E-state index contributed by atoms with van der Waals surface area (Å²) >= 11 is 0. The van der Waals surface area contributed by atoms with E-state index in [1.807, 2.05) is 6.92 Å². The second-order valence-corrected chi connectivity index (χ2v) is 6.81. The molecule has 3 rings (SSSR count). The van der Waals surface area contributed by atoms with Crippen LogP contribution in [0, 0.1) is 5.92 Å². The molecule has 0 amide bonds. The van der Waals surface area contributed by atoms with Gasteiger partial charge in [-0.3, -0.25) is 0 Å². The van der Waals surface area contributed by atoms with Gasteiger partial charge in [0.15, 0.2) is 23.0 Å². The summed E-state index contributed by atoms with van der Waals surface area (Å²) in [4.78, 5) is 0. The van der Waals surface area contributed by atoms with Gasteiger partial charge in [0.2, 0.25) is 0 Å². The minimum Gasteiger partial charge on any atom is -0.504 e. The van der Waals surface area contributed by atoms with Crippen LogP contribution in [-0.4, -0.2) is 35.1 Å². The summed E-state index contributed by atoms with van der Waals surface area (Å²) in [6.07, 6.45) is -0.985. The highest BCUT2D eigenvalue weighted by molar-refractivity contribution is 5.45. The lowest BCUT2D eigenvalue weighted by molar-refractivity contribution is -0.0445. The molecule has 1 aliphatic heterocycles. The normalized spacial score (nSPS) is 28.1. The van der Waals surface area contributed by atoms with E-state index in [9.17, 15) is 15.3 Å². The molecule has 26 heavy (non-hydrogen) atoms. The zero-order chi connectivity index (χ0) is 19.1. The molecule has 0 aromatic heterocycles. The zero-order valence-corrected chi connectivity index (χ0v) is 15.3. The van der Waals surface area contributed by atoms with Crippen LogP contribution in [0.1, 0.15) is 37.2 Å². The fraction of sp³-hybridized carbons (Fsp3) is 0.400. The number of rotatable bonds is 4. The van der Waals surface area contributed by atoms with E-state index in [0.29, 0.717) is 17.1 Å². The highest BCUT2D eigenvalue weighted by Crippen LogP contribution is 2.52. The van der Waals surface area contributed by atoms with Gasteiger partial charge in [-0.25, -0.2) is 0 Å². The molecule has 1 heterocycles. The number of methoxy groups -OCH3 is 2. The molecule has 6 nitrogen and oxygen atoms in total. The maximum Gasteiger partial charge on any atom is 0.160 e. The summed E-state index contributed by atoms with van der Waals surface area (Å²) in [5.41, 5.74) is 0.378. The lowest BCUT2D eigenvalue weighted by Gasteiger charge is -2.28. The van der Waals surface area contributed by atoms with Gasteiger partial charge < -0.3 is 29.5 Å². The average molecular weight is 360 g/mol. The van der Waals surface area contributed by atoms with Crippen LogP contribution in [0.4, 0.5) is 0 Å². The lowest BCUT2D eigenvalue weighted by atomic mass is 9.81. The lowest BCUT2D eigenvalue weighted by Crippen LogP contribution is -2.34. The highest BCUT2D eigenvalue weighted by Gasteiger charge is 2.51. The predicted molar refractivity (Wildman–Crippen MR) is 95.7 cm³/mol. The second-order valence-electron chi connectivity index (χ2n) is 6.81. The Kier molecular flexibility index (Phi) is 4.73. The quantitative estimate of drug-likeness (QED) is 0.775. The number of phenolic OH excluding ortho intramolecular Hbond substituents is 2. The largest absolute Gasteiger partial charge is 0.504 e. The molecule has 6 heteroatoms. The average Bonchev–Trinajstić information content (AvgIpc) is 2.86. The monoisotopic (exact) mass is 360 g/mol. The van der Waals surface area contributed by atoms with Gasteiger partial charge in [0.05, 0.1) is 25.9 Å². The molecule has 0 aliphatic carbocycles. The van der Waals surface area contributed by atoms with Crippen molar-refractivity contribution in [1.29, 1.82) is 0 Å². The molecule has 2 aromatic carbocycles. The number of aliphatic hydroxyl groups is 1. The highest BCUT2D eigenvalue weighted by atomic mass is 16.5. The topological polar surface area (TPSA) is 88.4 Å². The number of hydrogen-bond acceptors (Lipinski definition) is 6. The molecular formula is C20H24O6. The third kappa shape index (κ3) is 2.95. The van der Waals surface area contributed by atoms with Gasteiger partial charge in [0.25, 0.3) is 0 Å². The van der Waals surface area contributed by atoms with Gasteiger partial charge in [0.1, 0.15) is 6.10 Å². The van der Waals surface area contributed by atoms with Crippen molar-refractivity contribution in [2.24, 2.45) is 5.92 Å². The standard InChI is InChI=1S/C20H24O6/c1-11-18(12-5-7-14(21)16(9-12)24-3)26-19(20(11,2)23)13-6-8-15(22)17(10-13)25-4/h5-11,18-19,21-23H,1-4H3/t11-,18+,19-,20+/m1/s1. The minimum atomic E-state index is -1.14. The third-order valence-corrected chi connectivity index (χ3v) is 5.23. The van der Waals surface area contributed by atoms with E-state index in [1.165, 1.54) is 20.3 Å². The van der Waals surface area contributed by atoms with Crippen LogP contribution < -0.4 is 9.47 Å². The molecule has 3 N–H and O–H groups in total. The molecule has 1 saturated heterocycles. The fourth-order valence-electron chi connectivity index (χ4n) is 3.46. The molecule has 0 unspecified atom stereocenters. The Bertz CT molecular complexity index is 801. The number of aromatic hydroxyl groups is 2. The van der Waals surface area contributed by atoms with E-state index < -0.39 is 11.7 Å². The van der Waals surface area contributed by atoms with Crippen molar-refractivity contribution < 1.29 is 29.5 Å². The maximum absolute atomic E-state index is 11.1. The van der Waals surface area contributed by atoms with Crippen LogP contribution in [0.15, 0.2) is 36.4 Å². The summed E-state index contributed by atoms with van der Waals surface area (Å²) in [7, 11) is 2.96. The molecule has 4 atom stereocenters. The summed E-state index contributed by atoms with van der Waals surface area (Å²) in [5, 5.41) is 30.7. The Morgan fingerprint density at radius 2 is 1.42 bits per heavy atom. The number of phenols is 2. The van der Waals surface area contributed by atoms with Crippen LogP contribution >= 0.6 is 0 Å². The molecule has 0 spiro atoms. The van der Waals surface area contributed by atoms with E-state index >= 15 is 0 Å². The van der Waals surface area contributed by atoms with Crippen LogP contribution in [0.2, 0.25) is 0 Å². The number of hydrogen-bond donors (Lipinski definition) is 3. The van der Waals surface area contributed by atoms with Gasteiger partial charge in [-0.1, -0.05) is 19.1 Å². The van der Waals surface area contributed by atoms with Crippen molar-refractivity contribution in [2.45, 2.75) is 31.7 Å². The Morgan fingerprint density at radius 3 is 1.96 bits per heavy atom. The molecule has 2 aromatic rings. The first kappa shape index (κ1) is 18.4. The molecule has 1 aliphatic rings. The van der Waals surface area contributed by atoms with E-state index in [-0.39, 0.29) is 23.5 Å². The predicted octanol–water partition coefficient (Wildman–Crippen LogP) is 3.31. The maximum atomic E-state index is 11.1. The molecule has 0 radical (unpaired) electrons. The van der Waals surface area contributed by atoms with Crippen molar-refractivity contribution in [3.05, 3.63) is 47.5 Å². The summed E-state index contributed by atoms with van der Waals surface area (Å²) in [5.74, 6) is 0.536. The van der Waals surface area contributed by atoms with Crippen LogP contribution in [0.5, 0.6) is 23.0 Å². The van der Waals surface area contributed by atoms with E-state index in [1.54, 1.807) is 37.3 Å². The van der Waals surface area contributed by atoms with Crippen molar-refractivity contribution >= 4 is 0 Å². The first-order valence-electron chi connectivity index (χ1n) is 8.41. The fourth-order valence-corrected chi connectivity index (χ4v) is 3.46. The first-order valence-corrected chi connectivity index (χ1v) is 8.41. The van der Waals surface area contributed by atoms with Crippen molar-refractivity contribution in [2.75, 3.05) is 14.2 Å².